The summed E-state index contributed by atoms with van der Waals surface area (Å²) in [5.41, 5.74) is -0.125. The van der Waals surface area contributed by atoms with E-state index in [1.807, 2.05) is 0 Å². The molecule has 0 spiro atoms. The highest BCUT2D eigenvalue weighted by Crippen LogP contribution is 2.64. The maximum atomic E-state index is 13.1. The number of carbonyl (C=O) groups excluding carboxylic acids is 1. The van der Waals surface area contributed by atoms with E-state index in [0.717, 1.165) is 38.5 Å². The number of aliphatic hydroxyl groups excluding tert-OH is 1. The van der Waals surface area contributed by atoms with Crippen LogP contribution in [0.4, 0.5) is 0 Å². The summed E-state index contributed by atoms with van der Waals surface area (Å²) < 4.78 is 18.4. The van der Waals surface area contributed by atoms with Crippen LogP contribution in [-0.4, -0.2) is 42.3 Å². The molecule has 0 aromatic heterocycles. The molecule has 3 saturated carbocycles. The number of aliphatic hydroxyl groups is 1. The van der Waals surface area contributed by atoms with Gasteiger partial charge in [0.2, 0.25) is 0 Å². The number of hydrogen-bond donors (Lipinski definition) is 1. The van der Waals surface area contributed by atoms with Gasteiger partial charge in [-0.3, -0.25) is 4.79 Å². The van der Waals surface area contributed by atoms with Gasteiger partial charge in [-0.05, 0) is 67.1 Å². The Morgan fingerprint density at radius 3 is 2.50 bits per heavy atom. The van der Waals surface area contributed by atoms with Crippen LogP contribution in [0.5, 0.6) is 0 Å². The van der Waals surface area contributed by atoms with Crippen molar-refractivity contribution in [3.63, 3.8) is 0 Å². The number of ether oxygens (including phenoxy) is 3. The van der Waals surface area contributed by atoms with E-state index < -0.39 is 0 Å². The van der Waals surface area contributed by atoms with Gasteiger partial charge in [0.05, 0.1) is 30.8 Å². The second-order valence-electron chi connectivity index (χ2n) is 11.1. The molecule has 1 N–H and O–H groups in total. The van der Waals surface area contributed by atoms with Crippen molar-refractivity contribution in [2.24, 2.45) is 40.4 Å². The lowest BCUT2D eigenvalue weighted by Gasteiger charge is -2.54. The van der Waals surface area contributed by atoms with Gasteiger partial charge in [0.1, 0.15) is 0 Å². The Kier molecular flexibility index (Phi) is 4.43. The third-order valence-electron chi connectivity index (χ3n) is 9.42. The van der Waals surface area contributed by atoms with Gasteiger partial charge >= 0.3 is 5.97 Å². The Hall–Kier alpha value is -0.650. The third-order valence-corrected chi connectivity index (χ3v) is 9.42. The van der Waals surface area contributed by atoms with Crippen molar-refractivity contribution < 1.29 is 24.1 Å². The predicted molar refractivity (Wildman–Crippen MR) is 103 cm³/mol. The number of carbonyl (C=O) groups is 1. The molecule has 2 heterocycles. The maximum absolute atomic E-state index is 13.1. The Morgan fingerprint density at radius 1 is 1.04 bits per heavy atom. The van der Waals surface area contributed by atoms with Crippen LogP contribution in [-0.2, 0) is 19.0 Å². The first-order valence-electron chi connectivity index (χ1n) is 11.4. The van der Waals surface area contributed by atoms with Gasteiger partial charge in [0.15, 0.2) is 6.29 Å². The summed E-state index contributed by atoms with van der Waals surface area (Å²) in [4.78, 5) is 13.1. The first kappa shape index (κ1) is 19.3. The fraction of sp³-hybridized carbons (Fsp3) is 0.957. The summed E-state index contributed by atoms with van der Waals surface area (Å²) in [5, 5.41) is 10.7. The van der Waals surface area contributed by atoms with Crippen molar-refractivity contribution >= 4 is 5.97 Å². The van der Waals surface area contributed by atoms with Gasteiger partial charge in [-0.15, -0.1) is 0 Å². The topological polar surface area (TPSA) is 65.0 Å². The van der Waals surface area contributed by atoms with Crippen LogP contribution in [0.2, 0.25) is 0 Å². The standard InChI is InChI=1S/C23H36O5/c1-12(2)21-27-17-9-16-20(25)26-11-13-14-5-6-19(24)22(14,3)8-7-15(13)23(16,4)10-18(17)28-21/h12-19,21,24H,5-11H2,1-4H3/t13-,14-,15-,16+,17-,18+,19-,21?,22-,23+/m0/s1. The average Bonchev–Trinajstić information content (AvgIpc) is 3.16. The molecule has 5 rings (SSSR count). The first-order valence-corrected chi connectivity index (χ1v) is 11.4. The second-order valence-corrected chi connectivity index (χ2v) is 11.1. The Morgan fingerprint density at radius 2 is 1.75 bits per heavy atom. The van der Waals surface area contributed by atoms with Crippen LogP contribution in [0.1, 0.15) is 66.2 Å². The number of fused-ring (bicyclic) bond motifs is 6. The Balaban J connectivity index is 1.46. The smallest absolute Gasteiger partial charge is 0.309 e. The monoisotopic (exact) mass is 392 g/mol. The highest BCUT2D eigenvalue weighted by atomic mass is 16.7. The molecule has 3 aliphatic carbocycles. The largest absolute Gasteiger partial charge is 0.465 e. The summed E-state index contributed by atoms with van der Waals surface area (Å²) in [7, 11) is 0. The minimum absolute atomic E-state index is 0.0109. The van der Waals surface area contributed by atoms with Gasteiger partial charge < -0.3 is 19.3 Å². The maximum Gasteiger partial charge on any atom is 0.309 e. The molecular weight excluding hydrogens is 356 g/mol. The molecule has 0 aromatic carbocycles. The van der Waals surface area contributed by atoms with Gasteiger partial charge in [-0.1, -0.05) is 27.7 Å². The molecule has 2 aliphatic heterocycles. The van der Waals surface area contributed by atoms with E-state index in [0.29, 0.717) is 30.3 Å². The van der Waals surface area contributed by atoms with Crippen LogP contribution in [0.15, 0.2) is 0 Å². The number of esters is 1. The summed E-state index contributed by atoms with van der Waals surface area (Å²) in [6.07, 6.45) is 5.39. The molecule has 0 bridgehead atoms. The summed E-state index contributed by atoms with van der Waals surface area (Å²) in [6, 6.07) is 0. The van der Waals surface area contributed by atoms with Crippen molar-refractivity contribution in [3.8, 4) is 0 Å². The highest BCUT2D eigenvalue weighted by molar-refractivity contribution is 5.74. The minimum atomic E-state index is -0.213. The van der Waals surface area contributed by atoms with E-state index in [1.165, 1.54) is 0 Å². The average molecular weight is 393 g/mol. The van der Waals surface area contributed by atoms with Crippen molar-refractivity contribution in [1.82, 2.24) is 0 Å². The van der Waals surface area contributed by atoms with Crippen LogP contribution in [0, 0.1) is 40.4 Å². The molecule has 0 aromatic rings. The molecule has 1 unspecified atom stereocenters. The zero-order valence-corrected chi connectivity index (χ0v) is 17.7. The molecule has 0 amide bonds. The van der Waals surface area contributed by atoms with Crippen LogP contribution >= 0.6 is 0 Å². The van der Waals surface area contributed by atoms with Crippen LogP contribution in [0.3, 0.4) is 0 Å². The SMILES string of the molecule is CC(C)C1O[C@H]2C[C@@H]3C(=O)OC[C@@H]4[C@H](CC[C@]5(C)[C@@H](O)CC[C@@H]45)[C@@]3(C)C[C@H]2O1. The Bertz CT molecular complexity index is 649. The highest BCUT2D eigenvalue weighted by Gasteiger charge is 2.63. The quantitative estimate of drug-likeness (QED) is 0.692. The number of cyclic esters (lactones) is 1. The molecule has 10 atom stereocenters. The van der Waals surface area contributed by atoms with Crippen LogP contribution < -0.4 is 0 Å². The minimum Gasteiger partial charge on any atom is -0.465 e. The fourth-order valence-corrected chi connectivity index (χ4v) is 7.70. The van der Waals surface area contributed by atoms with Crippen molar-refractivity contribution in [3.05, 3.63) is 0 Å². The van der Waals surface area contributed by atoms with Gasteiger partial charge in [-0.2, -0.15) is 0 Å². The lowest BCUT2D eigenvalue weighted by molar-refractivity contribution is -0.156. The second kappa shape index (κ2) is 6.42. The summed E-state index contributed by atoms with van der Waals surface area (Å²) >= 11 is 0. The normalized spacial score (nSPS) is 55.7. The zero-order valence-electron chi connectivity index (χ0n) is 17.7. The van der Waals surface area contributed by atoms with E-state index in [-0.39, 0.29) is 47.3 Å². The van der Waals surface area contributed by atoms with E-state index >= 15 is 0 Å². The first-order chi connectivity index (χ1) is 13.2. The molecule has 158 valence electrons. The molecule has 28 heavy (non-hydrogen) atoms. The third kappa shape index (κ3) is 2.58. The lowest BCUT2D eigenvalue weighted by atomic mass is 9.49. The van der Waals surface area contributed by atoms with Crippen LogP contribution in [0.25, 0.3) is 0 Å². The van der Waals surface area contributed by atoms with Gasteiger partial charge in [-0.25, -0.2) is 0 Å². The fourth-order valence-electron chi connectivity index (χ4n) is 7.70. The van der Waals surface area contributed by atoms with E-state index in [1.54, 1.807) is 0 Å². The molecule has 5 fully saturated rings. The summed E-state index contributed by atoms with van der Waals surface area (Å²) in [6.45, 7) is 9.35. The molecule has 2 saturated heterocycles. The Labute approximate surface area is 168 Å². The molecular formula is C23H36O5. The van der Waals surface area contributed by atoms with E-state index in [2.05, 4.69) is 27.7 Å². The zero-order chi connectivity index (χ0) is 19.8. The van der Waals surface area contributed by atoms with E-state index in [9.17, 15) is 9.90 Å². The van der Waals surface area contributed by atoms with E-state index in [4.69, 9.17) is 14.2 Å². The molecule has 5 aliphatic rings. The molecule has 5 heteroatoms. The van der Waals surface area contributed by atoms with Gasteiger partial charge in [0.25, 0.3) is 0 Å². The predicted octanol–water partition coefficient (Wildman–Crippen LogP) is 3.53. The molecule has 0 radical (unpaired) electrons. The van der Waals surface area contributed by atoms with Crippen molar-refractivity contribution in [2.75, 3.05) is 6.61 Å². The van der Waals surface area contributed by atoms with Crippen molar-refractivity contribution in [1.29, 1.82) is 0 Å². The number of rotatable bonds is 1. The lowest BCUT2D eigenvalue weighted by Crippen LogP contribution is -2.54. The van der Waals surface area contributed by atoms with Crippen molar-refractivity contribution in [2.45, 2.75) is 90.8 Å². The molecule has 5 nitrogen and oxygen atoms in total. The number of hydrogen-bond acceptors (Lipinski definition) is 5. The summed E-state index contributed by atoms with van der Waals surface area (Å²) in [5.74, 6) is 1.44. The van der Waals surface area contributed by atoms with Gasteiger partial charge in [0, 0.05) is 5.92 Å².